The number of nitrogens with zero attached hydrogens (tertiary/aromatic N) is 6. The number of hydrogen-bond acceptors (Lipinski definition) is 20. The molecule has 2 saturated heterocycles. The number of hydrogen-bond donors (Lipinski definition) is 11. The van der Waals surface area contributed by atoms with Crippen LogP contribution in [0.15, 0.2) is 85.0 Å². The van der Waals surface area contributed by atoms with Crippen LogP contribution in [0.2, 0.25) is 4.24 Å². The molecule has 0 bridgehead atoms. The number of ketones is 2. The lowest BCUT2D eigenvalue weighted by Crippen LogP contribution is -2.50. The Morgan fingerprint density at radius 1 is 0.758 bits per heavy atom. The number of carboxylic acid groups (broad SMARTS) is 3. The monoisotopic (exact) mass is 1300 g/mol. The van der Waals surface area contributed by atoms with Gasteiger partial charge in [0.2, 0.25) is 2.86 Å². The summed E-state index contributed by atoms with van der Waals surface area (Å²) in [6, 6.07) is 12.8. The van der Waals surface area contributed by atoms with E-state index in [9.17, 15) is 38.7 Å². The van der Waals surface area contributed by atoms with E-state index in [-0.39, 0.29) is 48.1 Å². The van der Waals surface area contributed by atoms with Gasteiger partial charge in [-0.1, -0.05) is 119 Å². The number of ether oxygens (including phenoxy) is 2. The number of aliphatic carboxylic acids is 1. The van der Waals surface area contributed by atoms with E-state index in [0.29, 0.717) is 37.6 Å². The van der Waals surface area contributed by atoms with E-state index in [1.165, 1.54) is 9.80 Å². The third-order valence-electron chi connectivity index (χ3n) is 12.1. The Morgan fingerprint density at radius 2 is 1.14 bits per heavy atom. The van der Waals surface area contributed by atoms with Gasteiger partial charge in [-0.25, -0.2) is 33.8 Å². The fourth-order valence-corrected chi connectivity index (χ4v) is 7.09. The lowest BCUT2D eigenvalue weighted by molar-refractivity contribution is -0.306. The summed E-state index contributed by atoms with van der Waals surface area (Å²) < 4.78 is 51.8. The van der Waals surface area contributed by atoms with E-state index in [1.807, 2.05) is 128 Å². The number of anilines is 2. The first-order valence-corrected chi connectivity index (χ1v) is 29.1. The fraction of sp³-hybridized carbons (Fsp3) is 0.571. The van der Waals surface area contributed by atoms with E-state index in [4.69, 9.17) is 41.2 Å². The molecule has 6 amide bonds. The largest absolute Gasteiger partial charge is 0.481 e. The van der Waals surface area contributed by atoms with Crippen LogP contribution in [0.3, 0.4) is 0 Å². The number of rotatable bonds is 17. The molecule has 3 aliphatic rings. The van der Waals surface area contributed by atoms with Crippen LogP contribution in [0.1, 0.15) is 129 Å². The highest BCUT2D eigenvalue weighted by Crippen LogP contribution is 2.27. The van der Waals surface area contributed by atoms with Gasteiger partial charge in [0.25, 0.3) is 14.9 Å². The van der Waals surface area contributed by atoms with Crippen molar-refractivity contribution in [3.05, 3.63) is 96.1 Å². The number of Topliss-reactive ketones (excluding diaryl/α,β-unsaturated/α-hetero) is 2. The Hall–Kier alpha value is -8.15. The number of nitrogen functional groups attached to an aromatic ring is 1. The van der Waals surface area contributed by atoms with Gasteiger partial charge in [-0.05, 0) is 100 Å². The van der Waals surface area contributed by atoms with Crippen molar-refractivity contribution in [2.24, 2.45) is 28.7 Å². The zero-order valence-corrected chi connectivity index (χ0v) is 57.6. The van der Waals surface area contributed by atoms with E-state index in [2.05, 4.69) is 38.1 Å². The molecule has 0 unspecified atom stereocenters. The van der Waals surface area contributed by atoms with Crippen molar-refractivity contribution in [3.63, 3.8) is 0 Å². The highest BCUT2D eigenvalue weighted by molar-refractivity contribution is 6.03. The van der Waals surface area contributed by atoms with Gasteiger partial charge in [-0.2, -0.15) is 0 Å². The molecule has 2 fully saturated rings. The van der Waals surface area contributed by atoms with Crippen LogP contribution in [0, 0.1) is 22.7 Å². The Bertz CT molecular complexity index is 2550. The molecule has 0 radical (unpaired) electrons. The number of amides is 6. The average Bonchev–Trinajstić information content (AvgIpc) is 1.63. The van der Waals surface area contributed by atoms with Crippen LogP contribution in [0.4, 0.5) is 35.3 Å². The predicted octanol–water partition coefficient (Wildman–Crippen LogP) is 8.81. The smallest absolute Gasteiger partial charge is 0.407 e. The summed E-state index contributed by atoms with van der Waals surface area (Å²) in [5.74, 6) is -0.463. The number of aliphatic hydroxyl groups is 2. The molecule has 0 saturated carbocycles. The molecule has 5 rings (SSSR count). The maximum Gasteiger partial charge on any atom is 0.407 e. The summed E-state index contributed by atoms with van der Waals surface area (Å²) in [6.45, 7) is 34.4. The van der Waals surface area contributed by atoms with E-state index < -0.39 is 41.9 Å². The number of carbonyl (C=O) groups excluding carboxylic acids is 5. The van der Waals surface area contributed by atoms with Gasteiger partial charge in [0.1, 0.15) is 20.4 Å². The number of primary amides is 2. The first kappa shape index (κ1) is 80.9. The van der Waals surface area contributed by atoms with Crippen molar-refractivity contribution in [3.8, 4) is 0 Å². The molecule has 2 heterocycles. The number of carboxylic acids is 1. The molecule has 0 spiro atoms. The second-order valence-electron chi connectivity index (χ2n) is 21.5. The minimum absolute atomic E-state index is 0.0286. The summed E-state index contributed by atoms with van der Waals surface area (Å²) in [7, 11) is 10.2. The fourth-order valence-electron chi connectivity index (χ4n) is 7.09. The summed E-state index contributed by atoms with van der Waals surface area (Å²) in [5.41, 5.74) is 18.6. The number of nitrogens with one attached hydrogen (secondary N) is 2. The lowest BCUT2D eigenvalue weighted by atomic mass is 9.79. The Kier molecular flexibility index (Phi) is 45.8. The molecule has 2 aliphatic heterocycles. The molecular formula is C63H116N12O16. The molecular weight excluding hydrogens is 1180 g/mol. The van der Waals surface area contributed by atoms with Gasteiger partial charge in [0.05, 0.1) is 11.3 Å². The van der Waals surface area contributed by atoms with Crippen LogP contribution in [0.5, 0.6) is 0 Å². The number of allylic oxidation sites excluding steroid dienone is 5. The number of benzene rings is 2. The highest BCUT2D eigenvalue weighted by atomic mass is 16.6. The van der Waals surface area contributed by atoms with Gasteiger partial charge in [-0.15, -0.1) is 0 Å². The summed E-state index contributed by atoms with van der Waals surface area (Å²) in [5, 5.41) is 38.9. The van der Waals surface area contributed by atoms with Gasteiger partial charge < -0.3 is 94.1 Å². The molecule has 28 heteroatoms. The Balaban J connectivity index is -0.000000196. The molecule has 91 heavy (non-hydrogen) atoms. The molecule has 18 N–H and O–H groups in total. The van der Waals surface area contributed by atoms with E-state index in [0.717, 1.165) is 61.7 Å². The number of urea groups is 1. The summed E-state index contributed by atoms with van der Waals surface area (Å²) >= 11 is 0. The minimum atomic E-state index is -1.51. The van der Waals surface area contributed by atoms with Crippen LogP contribution in [0.25, 0.3) is 2.86 Å². The van der Waals surface area contributed by atoms with Crippen molar-refractivity contribution < 1.29 is 84.5 Å². The molecule has 0 atom stereocenters. The van der Waals surface area contributed by atoms with E-state index in [1.54, 1.807) is 108 Å². The van der Waals surface area contributed by atoms with Gasteiger partial charge >= 0.3 is 30.4 Å². The normalized spacial score (nSPS) is 13.9. The molecule has 28 nitrogen and oxygen atoms in total. The van der Waals surface area contributed by atoms with Crippen molar-refractivity contribution in [1.29, 1.82) is 9.70 Å². The second-order valence-corrected chi connectivity index (χ2v) is 21.5. The molecule has 1 aliphatic carbocycles. The SMILES string of the molecule is C=C1C=CC(=N)C=C1.CC.CC.CC(=O)O.CN1CCN(C)C1=O.[2H]N.[2H]NC(=O)OCc1ccc(N)cc1.[2H]NC(=O)OCc1ccc(NC(C)(C)C(=O)C(C)C)cc1.[2H]O.[2H]OC(=O)N(C)CCC.[2H]OC(=O)N(C)CCCC(C)(C)C(=O)C(C)C.[2H]OC1(O)N(C)CCN1C. The van der Waals surface area contributed by atoms with Crippen LogP contribution >= 0.6 is 0 Å². The van der Waals surface area contributed by atoms with Crippen molar-refractivity contribution in [2.45, 2.75) is 141 Å². The standard InChI is InChI=1S/C15H22N2O3.C12H23NO3.C8H10N2O2.C7H7N.C5H12N2O2.C5H10N2O.C5H11NO2.C2H4O2.2C2H6.H3N.H2O/c1-10(2)13(18)15(3,4)17-12-7-5-11(6-8-12)9-20-14(16)19;1-9(2)10(14)12(3,4)7-6-8-13(5)11(15)16;9-7-3-1-6(2-4-7)5-12-8(10)11;1-6-2-4-7(8)5-3-6;1-6-3-4-7(2)5(6,8)9;1-6-3-4-7(2)5(6)8;1-3-4-6(2)5(7)8;1-2(3)4;2*1-2;;/h5-8,10,17H,9H2,1-4H3,(H2,16,19);9H,6-8H2,1-5H3,(H,15,16);1-4H,5,9H2,(H2,10,11);2-5,8H,1H2;8-9H,3-4H2,1-2H3;3-4H2,1-2H3;3-4H2,1-2H3,(H,7,8);1H3,(H,3,4);2*1-2H3;1H3;1H2/i;;;;8D;;;;;;;/hD6. The van der Waals surface area contributed by atoms with Gasteiger partial charge in [0.15, 0.2) is 8.61 Å². The zero-order valence-electron chi connectivity index (χ0n) is 64.6. The van der Waals surface area contributed by atoms with Crippen molar-refractivity contribution >= 4 is 65.0 Å². The van der Waals surface area contributed by atoms with Crippen LogP contribution in [-0.2, 0) is 37.1 Å². The Labute approximate surface area is 551 Å². The van der Waals surface area contributed by atoms with E-state index >= 15 is 0 Å². The zero-order chi connectivity index (χ0) is 78.1. The topological polar surface area (TPSA) is 456 Å². The number of nitrogens with two attached hydrogens (primary N) is 3. The summed E-state index contributed by atoms with van der Waals surface area (Å²) in [6.07, 6.45) is 10.3. The minimum Gasteiger partial charge on any atom is -0.481 e. The van der Waals surface area contributed by atoms with Gasteiger partial charge in [0, 0.05) is 103 Å². The van der Waals surface area contributed by atoms with Crippen molar-refractivity contribution in [2.75, 3.05) is 92.6 Å². The average molecular weight is 1300 g/mol. The quantitative estimate of drug-likeness (QED) is 0.0520. The van der Waals surface area contributed by atoms with Crippen molar-refractivity contribution in [1.82, 2.24) is 35.5 Å². The predicted molar refractivity (Wildman–Crippen MR) is 361 cm³/mol. The molecule has 524 valence electrons. The highest BCUT2D eigenvalue weighted by Gasteiger charge is 2.39. The van der Waals surface area contributed by atoms with Crippen LogP contribution < -0.4 is 28.6 Å². The third kappa shape index (κ3) is 47.5. The third-order valence-corrected chi connectivity index (χ3v) is 12.1. The first-order chi connectivity index (χ1) is 45.8. The molecule has 2 aromatic rings. The Morgan fingerprint density at radius 3 is 1.45 bits per heavy atom. The maximum atomic E-state index is 12.1. The van der Waals surface area contributed by atoms with Gasteiger partial charge in [-0.3, -0.25) is 14.4 Å². The second kappa shape index (κ2) is 51.6. The first-order valence-electron chi connectivity index (χ1n) is 32.4. The summed E-state index contributed by atoms with van der Waals surface area (Å²) in [4.78, 5) is 95.7. The number of carbonyl (C=O) groups is 8. The van der Waals surface area contributed by atoms with Crippen LogP contribution in [-0.4, -0.2) is 209 Å². The maximum absolute atomic E-state index is 12.1. The lowest BCUT2D eigenvalue weighted by Gasteiger charge is -2.28. The number of likely N-dealkylation sites (N-methyl/N-ethyl adjacent to an activating group) is 4. The molecule has 0 aromatic heterocycles. The molecule has 2 aromatic carbocycles.